The summed E-state index contributed by atoms with van der Waals surface area (Å²) >= 11 is 0. The first-order valence-corrected chi connectivity index (χ1v) is 24.1. The molecule has 0 unspecified atom stereocenters. The summed E-state index contributed by atoms with van der Waals surface area (Å²) in [5, 5.41) is 37.3. The molecule has 1 aliphatic heterocycles. The van der Waals surface area contributed by atoms with Crippen molar-refractivity contribution < 1.29 is 53.6 Å². The van der Waals surface area contributed by atoms with Gasteiger partial charge in [-0.1, -0.05) is 110 Å². The van der Waals surface area contributed by atoms with Crippen molar-refractivity contribution in [2.45, 2.75) is 174 Å². The maximum absolute atomic E-state index is 14.2. The Balaban J connectivity index is 1.63. The second kappa shape index (κ2) is 28.7. The molecule has 0 saturated carbocycles. The number of rotatable bonds is 26. The summed E-state index contributed by atoms with van der Waals surface area (Å²) < 4.78 is 5.35. The summed E-state index contributed by atoms with van der Waals surface area (Å²) in [7, 11) is 2.83. The van der Waals surface area contributed by atoms with Gasteiger partial charge in [-0.05, 0) is 55.2 Å². The number of benzene rings is 2. The number of Topliss-reactive ketones (excluding diaryl/α,β-unsaturated/α-hetero) is 2. The molecule has 0 radical (unpaired) electrons. The van der Waals surface area contributed by atoms with Crippen molar-refractivity contribution in [2.75, 3.05) is 27.3 Å². The van der Waals surface area contributed by atoms with E-state index in [1.807, 2.05) is 6.92 Å². The summed E-state index contributed by atoms with van der Waals surface area (Å²) in [6.07, 6.45) is 15.0. The lowest BCUT2D eigenvalue weighted by molar-refractivity contribution is -0.148. The van der Waals surface area contributed by atoms with Gasteiger partial charge in [-0.25, -0.2) is 4.79 Å². The number of phenols is 2. The predicted molar refractivity (Wildman–Crippen MR) is 252 cm³/mol. The fourth-order valence-corrected chi connectivity index (χ4v) is 8.23. The van der Waals surface area contributed by atoms with Crippen molar-refractivity contribution in [1.82, 2.24) is 20.4 Å². The summed E-state index contributed by atoms with van der Waals surface area (Å²) in [4.78, 5) is 96.4. The number of aliphatic hydroxyl groups is 1. The highest BCUT2D eigenvalue weighted by Gasteiger charge is 2.34. The summed E-state index contributed by atoms with van der Waals surface area (Å²) in [5.74, 6) is -5.29. The van der Waals surface area contributed by atoms with Crippen LogP contribution in [0, 0.1) is 5.92 Å². The van der Waals surface area contributed by atoms with E-state index in [4.69, 9.17) is 4.74 Å². The lowest BCUT2D eigenvalue weighted by Crippen LogP contribution is -2.53. The van der Waals surface area contributed by atoms with Gasteiger partial charge in [-0.2, -0.15) is 0 Å². The summed E-state index contributed by atoms with van der Waals surface area (Å²) in [6, 6.07) is 4.11. The number of carbonyl (C=O) groups excluding carboxylic acids is 7. The number of fused-ring (bicyclic) bond motifs is 5. The van der Waals surface area contributed by atoms with Crippen LogP contribution in [0.4, 0.5) is 0 Å². The van der Waals surface area contributed by atoms with Crippen molar-refractivity contribution in [3.8, 4) is 22.6 Å². The van der Waals surface area contributed by atoms with E-state index < -0.39 is 71.9 Å². The van der Waals surface area contributed by atoms with Crippen LogP contribution in [0.2, 0.25) is 0 Å². The van der Waals surface area contributed by atoms with Crippen LogP contribution in [-0.2, 0) is 44.7 Å². The quantitative estimate of drug-likeness (QED) is 0.0477. The smallest absolute Gasteiger partial charge is 0.328 e. The topological polar surface area (TPSA) is 220 Å². The molecule has 4 amide bonds. The minimum Gasteiger partial charge on any atom is -0.507 e. The summed E-state index contributed by atoms with van der Waals surface area (Å²) in [6.45, 7) is 6.51. The number of carbonyl (C=O) groups is 7. The van der Waals surface area contributed by atoms with Gasteiger partial charge < -0.3 is 40.5 Å². The molecule has 2 aromatic rings. The van der Waals surface area contributed by atoms with Crippen molar-refractivity contribution in [2.24, 2.45) is 5.92 Å². The number of phenolic OH excluding ortho intramolecular Hbond substituents is 2. The fourth-order valence-electron chi connectivity index (χ4n) is 8.23. The molecule has 0 aliphatic carbocycles. The molecular weight excluding hydrogens is 845 g/mol. The highest BCUT2D eigenvalue weighted by atomic mass is 16.5. The van der Waals surface area contributed by atoms with Gasteiger partial charge in [-0.3, -0.25) is 28.8 Å². The maximum Gasteiger partial charge on any atom is 0.328 e. The van der Waals surface area contributed by atoms with E-state index in [0.717, 1.165) is 24.2 Å². The number of amides is 4. The highest BCUT2D eigenvalue weighted by molar-refractivity contribution is 5.96. The fraction of sp³-hybridized carbons (Fsp3) is 0.627. The number of hydrogen-bond acceptors (Lipinski definition) is 11. The van der Waals surface area contributed by atoms with E-state index in [0.29, 0.717) is 18.4 Å². The third kappa shape index (κ3) is 17.2. The largest absolute Gasteiger partial charge is 0.507 e. The van der Waals surface area contributed by atoms with Gasteiger partial charge in [0.05, 0.1) is 19.3 Å². The van der Waals surface area contributed by atoms with E-state index in [1.165, 1.54) is 115 Å². The number of unbranched alkanes of at least 4 members (excludes halogenated alkanes) is 12. The number of aromatic hydroxyl groups is 2. The lowest BCUT2D eigenvalue weighted by Gasteiger charge is -2.30. The number of esters is 1. The van der Waals surface area contributed by atoms with Gasteiger partial charge >= 0.3 is 5.97 Å². The Morgan fingerprint density at radius 3 is 1.92 bits per heavy atom. The predicted octanol–water partition coefficient (Wildman–Crippen LogP) is 7.01. The van der Waals surface area contributed by atoms with Crippen LogP contribution in [0.15, 0.2) is 36.4 Å². The molecule has 66 heavy (non-hydrogen) atoms. The number of nitrogens with zero attached hydrogens (tertiary/aromatic N) is 2. The first-order valence-electron chi connectivity index (χ1n) is 24.1. The number of nitrogens with one attached hydrogen (secondary N) is 2. The molecule has 5 atom stereocenters. The van der Waals surface area contributed by atoms with Gasteiger partial charge in [0.2, 0.25) is 23.6 Å². The number of likely N-dealkylation sites (N-methyl/N-ethyl adjacent to an activating group) is 2. The molecule has 5 N–H and O–H groups in total. The first-order chi connectivity index (χ1) is 31.5. The Bertz CT molecular complexity index is 1940. The van der Waals surface area contributed by atoms with E-state index in [2.05, 4.69) is 17.6 Å². The van der Waals surface area contributed by atoms with Crippen molar-refractivity contribution >= 4 is 41.2 Å². The standard InChI is InChI=1S/C51H76N4O11/c1-7-9-10-11-12-13-14-15-16-17-18-19-20-21-46(61)54(5)41(33-56)50(64)52-35(4)42(57)26-27-47(62)55(6)48-37-23-25-44(59)39(32-37)38-30-36(22-24-43(38)58)31-40(51(65)66-28-8-2)53-49(63)34(3)29-45(48)60/h22-25,30,32,34-35,40-41,48,56,58-59H,7-21,26-29,31,33H2,1-6H3,(H,52,64)(H,53,63)/t34-,35-,40+,41-,48+/m1/s1. The normalized spacial score (nSPS) is 17.2. The second-order valence-electron chi connectivity index (χ2n) is 17.9. The molecule has 15 heteroatoms. The van der Waals surface area contributed by atoms with Gasteiger partial charge in [0.25, 0.3) is 0 Å². The van der Waals surface area contributed by atoms with Crippen LogP contribution >= 0.6 is 0 Å². The monoisotopic (exact) mass is 921 g/mol. The van der Waals surface area contributed by atoms with Crippen LogP contribution in [0.5, 0.6) is 11.5 Å². The molecule has 0 spiro atoms. The Hall–Kier alpha value is -5.31. The Morgan fingerprint density at radius 2 is 1.33 bits per heavy atom. The third-order valence-corrected chi connectivity index (χ3v) is 12.5. The average Bonchev–Trinajstić information content (AvgIpc) is 3.29. The van der Waals surface area contributed by atoms with Crippen molar-refractivity contribution in [1.29, 1.82) is 0 Å². The highest BCUT2D eigenvalue weighted by Crippen LogP contribution is 2.39. The van der Waals surface area contributed by atoms with Crippen LogP contribution in [-0.4, -0.2) is 112 Å². The molecule has 1 heterocycles. The summed E-state index contributed by atoms with van der Waals surface area (Å²) in [5.41, 5.74) is 1.14. The Morgan fingerprint density at radius 1 is 0.758 bits per heavy atom. The lowest BCUT2D eigenvalue weighted by atomic mass is 9.89. The zero-order valence-electron chi connectivity index (χ0n) is 40.2. The van der Waals surface area contributed by atoms with Crippen molar-refractivity contribution in [3.63, 3.8) is 0 Å². The van der Waals surface area contributed by atoms with Gasteiger partial charge in [0.1, 0.15) is 29.6 Å². The Kier molecular flexibility index (Phi) is 23.9. The molecule has 0 fully saturated rings. The number of ketones is 2. The van der Waals surface area contributed by atoms with Gasteiger partial charge in [0.15, 0.2) is 11.6 Å². The minimum absolute atomic E-state index is 0.00186. The molecule has 15 nitrogen and oxygen atoms in total. The maximum atomic E-state index is 14.2. The molecule has 3 rings (SSSR count). The minimum atomic E-state index is -1.30. The molecule has 0 aromatic heterocycles. The first kappa shape index (κ1) is 55.0. The third-order valence-electron chi connectivity index (χ3n) is 12.5. The molecule has 366 valence electrons. The Labute approximate surface area is 391 Å². The van der Waals surface area contributed by atoms with E-state index in [-0.39, 0.29) is 72.8 Å². The van der Waals surface area contributed by atoms with Gasteiger partial charge in [0, 0.05) is 63.2 Å². The number of aliphatic hydroxyl groups excluding tert-OH is 1. The van der Waals surface area contributed by atoms with E-state index in [9.17, 15) is 48.9 Å². The van der Waals surface area contributed by atoms with E-state index in [1.54, 1.807) is 12.1 Å². The molecule has 1 aliphatic rings. The van der Waals surface area contributed by atoms with Crippen molar-refractivity contribution in [3.05, 3.63) is 47.5 Å². The van der Waals surface area contributed by atoms with E-state index >= 15 is 0 Å². The number of ether oxygens (including phenoxy) is 1. The molecule has 4 bridgehead atoms. The zero-order valence-corrected chi connectivity index (χ0v) is 40.2. The molecular formula is C51H76N4O11. The van der Waals surface area contributed by atoms with Crippen LogP contribution < -0.4 is 10.6 Å². The van der Waals surface area contributed by atoms with Crippen LogP contribution in [0.1, 0.15) is 160 Å². The molecule has 2 aromatic carbocycles. The van der Waals surface area contributed by atoms with Gasteiger partial charge in [-0.15, -0.1) is 0 Å². The van der Waals surface area contributed by atoms with Crippen LogP contribution in [0.25, 0.3) is 11.1 Å². The second-order valence-corrected chi connectivity index (χ2v) is 17.9. The average molecular weight is 921 g/mol. The number of hydrogen-bond donors (Lipinski definition) is 5. The molecule has 0 saturated heterocycles. The van der Waals surface area contributed by atoms with Crippen LogP contribution in [0.3, 0.4) is 0 Å². The SMILES string of the molecule is CCCCCCCCCCCCCCCC(=O)N(C)[C@H](CO)C(=O)N[C@H](C)C(=O)CCC(=O)N(C)[C@@H]1C(=O)C[C@@H](C)C(=O)N[C@H](C(=O)OCCC)Cc2ccc(O)c(c2)-c2cc1ccc2O. The zero-order chi connectivity index (χ0) is 48.8.